The lowest BCUT2D eigenvalue weighted by molar-refractivity contribution is -0.118. The molecular formula is C18H21N5O4S2. The molecule has 1 aromatic carbocycles. The molecule has 2 aromatic heterocycles. The predicted octanol–water partition coefficient (Wildman–Crippen LogP) is 0.873. The number of carbonyl (C=O) groups is 1. The van der Waals surface area contributed by atoms with Crippen LogP contribution >= 0.6 is 11.8 Å². The number of thioether (sulfide) groups is 1. The Morgan fingerprint density at radius 3 is 2.79 bits per heavy atom. The van der Waals surface area contributed by atoms with Crippen molar-refractivity contribution in [2.75, 3.05) is 23.8 Å². The molecule has 0 unspecified atom stereocenters. The second kappa shape index (κ2) is 8.78. The molecule has 0 spiro atoms. The Morgan fingerprint density at radius 2 is 2.07 bits per heavy atom. The molecule has 0 saturated carbocycles. The number of rotatable bonds is 9. The quantitative estimate of drug-likeness (QED) is 0.392. The van der Waals surface area contributed by atoms with E-state index < -0.39 is 9.84 Å². The minimum absolute atomic E-state index is 0.0435. The maximum absolute atomic E-state index is 12.7. The third kappa shape index (κ3) is 4.51. The first-order valence-electron chi connectivity index (χ1n) is 8.95. The maximum atomic E-state index is 12.7. The van der Waals surface area contributed by atoms with E-state index in [1.165, 1.54) is 4.57 Å². The van der Waals surface area contributed by atoms with Crippen LogP contribution in [0, 0.1) is 0 Å². The Kier molecular flexibility index (Phi) is 6.38. The minimum Gasteiger partial charge on any atom is -0.354 e. The topological polar surface area (TPSA) is 115 Å². The van der Waals surface area contributed by atoms with Crippen LogP contribution in [0.3, 0.4) is 0 Å². The van der Waals surface area contributed by atoms with Gasteiger partial charge in [0.25, 0.3) is 5.56 Å². The van der Waals surface area contributed by atoms with Gasteiger partial charge >= 0.3 is 0 Å². The van der Waals surface area contributed by atoms with Gasteiger partial charge in [0.2, 0.25) is 11.7 Å². The Bertz CT molecular complexity index is 1230. The molecule has 154 valence electrons. The molecule has 29 heavy (non-hydrogen) atoms. The van der Waals surface area contributed by atoms with Crippen molar-refractivity contribution < 1.29 is 13.2 Å². The van der Waals surface area contributed by atoms with Gasteiger partial charge in [-0.1, -0.05) is 36.9 Å². The molecular weight excluding hydrogens is 414 g/mol. The van der Waals surface area contributed by atoms with E-state index in [-0.39, 0.29) is 41.8 Å². The van der Waals surface area contributed by atoms with Crippen LogP contribution in [0.5, 0.6) is 0 Å². The van der Waals surface area contributed by atoms with Crippen molar-refractivity contribution >= 4 is 44.2 Å². The number of sulfone groups is 1. The van der Waals surface area contributed by atoms with E-state index in [2.05, 4.69) is 22.1 Å². The summed E-state index contributed by atoms with van der Waals surface area (Å²) < 4.78 is 26.2. The fourth-order valence-electron chi connectivity index (χ4n) is 2.79. The van der Waals surface area contributed by atoms with E-state index in [1.807, 2.05) is 6.07 Å². The highest BCUT2D eigenvalue weighted by Crippen LogP contribution is 2.21. The number of amides is 1. The highest BCUT2D eigenvalue weighted by atomic mass is 32.2. The SMILES string of the molecule is C=CCn1c(=O)c2ccccc2n2c(SCC(=O)NCCS(=O)(=O)CC)nnc12. The van der Waals surface area contributed by atoms with Gasteiger partial charge in [0.1, 0.15) is 0 Å². The first-order chi connectivity index (χ1) is 13.9. The Morgan fingerprint density at radius 1 is 1.31 bits per heavy atom. The van der Waals surface area contributed by atoms with Gasteiger partial charge in [-0.3, -0.25) is 18.6 Å². The van der Waals surface area contributed by atoms with Crippen LogP contribution in [0.25, 0.3) is 16.7 Å². The Hall–Kier alpha value is -2.66. The zero-order chi connectivity index (χ0) is 21.0. The molecule has 2 heterocycles. The van der Waals surface area contributed by atoms with Crippen molar-refractivity contribution in [3.05, 3.63) is 47.3 Å². The van der Waals surface area contributed by atoms with Gasteiger partial charge in [0.05, 0.1) is 22.4 Å². The van der Waals surface area contributed by atoms with Gasteiger partial charge in [0, 0.05) is 18.8 Å². The second-order valence-electron chi connectivity index (χ2n) is 6.21. The summed E-state index contributed by atoms with van der Waals surface area (Å²) in [5.74, 6) is 0.0593. The van der Waals surface area contributed by atoms with Crippen LogP contribution in [0.1, 0.15) is 6.92 Å². The summed E-state index contributed by atoms with van der Waals surface area (Å²) in [5.41, 5.74) is 0.460. The van der Waals surface area contributed by atoms with Gasteiger partial charge in [-0.05, 0) is 12.1 Å². The normalized spacial score (nSPS) is 11.8. The zero-order valence-corrected chi connectivity index (χ0v) is 17.5. The van der Waals surface area contributed by atoms with Crippen molar-refractivity contribution in [3.8, 4) is 0 Å². The third-order valence-electron chi connectivity index (χ3n) is 4.30. The molecule has 0 fully saturated rings. The smallest absolute Gasteiger partial charge is 0.263 e. The van der Waals surface area contributed by atoms with Crippen LogP contribution in [0.2, 0.25) is 0 Å². The lowest BCUT2D eigenvalue weighted by Crippen LogP contribution is -2.30. The van der Waals surface area contributed by atoms with Crippen LogP contribution in [0.4, 0.5) is 0 Å². The predicted molar refractivity (Wildman–Crippen MR) is 113 cm³/mol. The fraction of sp³-hybridized carbons (Fsp3) is 0.333. The zero-order valence-electron chi connectivity index (χ0n) is 15.9. The van der Waals surface area contributed by atoms with Gasteiger partial charge in [0.15, 0.2) is 15.0 Å². The summed E-state index contributed by atoms with van der Waals surface area (Å²) >= 11 is 1.16. The van der Waals surface area contributed by atoms with E-state index in [4.69, 9.17) is 0 Å². The molecule has 1 amide bonds. The van der Waals surface area contributed by atoms with Crippen molar-refractivity contribution in [2.24, 2.45) is 0 Å². The summed E-state index contributed by atoms with van der Waals surface area (Å²) in [7, 11) is -3.13. The number of nitrogens with zero attached hydrogens (tertiary/aromatic N) is 4. The first kappa shape index (κ1) is 21.1. The molecule has 0 aliphatic heterocycles. The number of allylic oxidation sites excluding steroid dienone is 1. The molecule has 0 aliphatic rings. The number of fused-ring (bicyclic) bond motifs is 3. The van der Waals surface area contributed by atoms with Crippen LogP contribution < -0.4 is 10.9 Å². The van der Waals surface area contributed by atoms with Gasteiger partial charge < -0.3 is 5.32 Å². The molecule has 1 N–H and O–H groups in total. The number of benzene rings is 1. The van der Waals surface area contributed by atoms with Crippen molar-refractivity contribution in [1.29, 1.82) is 0 Å². The van der Waals surface area contributed by atoms with Gasteiger partial charge in [-0.2, -0.15) is 0 Å². The molecule has 0 saturated heterocycles. The number of nitrogens with one attached hydrogen (secondary N) is 1. The minimum atomic E-state index is -3.13. The molecule has 0 atom stereocenters. The standard InChI is InChI=1S/C18H21N5O4S2/c1-3-10-22-16(25)13-7-5-6-8-14(13)23-17(22)20-21-18(23)28-12-15(24)19-9-11-29(26,27)4-2/h3,5-8H,1,4,9-12H2,2H3,(H,19,24). The van der Waals surface area contributed by atoms with E-state index in [0.29, 0.717) is 21.8 Å². The number of para-hydroxylation sites is 1. The monoisotopic (exact) mass is 435 g/mol. The second-order valence-corrected chi connectivity index (χ2v) is 9.63. The molecule has 3 rings (SSSR count). The Labute approximate surface area is 171 Å². The molecule has 0 aliphatic carbocycles. The fourth-order valence-corrected chi connectivity index (χ4v) is 4.26. The molecule has 0 radical (unpaired) electrons. The molecule has 9 nitrogen and oxygen atoms in total. The molecule has 0 bridgehead atoms. The Balaban J connectivity index is 1.85. The average Bonchev–Trinajstić information content (AvgIpc) is 3.13. The average molecular weight is 436 g/mol. The van der Waals surface area contributed by atoms with E-state index in [1.54, 1.807) is 35.6 Å². The largest absolute Gasteiger partial charge is 0.354 e. The number of hydrogen-bond donors (Lipinski definition) is 1. The number of aromatic nitrogens is 4. The third-order valence-corrected chi connectivity index (χ3v) is 6.93. The van der Waals surface area contributed by atoms with Crippen molar-refractivity contribution in [2.45, 2.75) is 18.6 Å². The first-order valence-corrected chi connectivity index (χ1v) is 11.8. The highest BCUT2D eigenvalue weighted by molar-refractivity contribution is 7.99. The molecule has 3 aromatic rings. The number of hydrogen-bond acceptors (Lipinski definition) is 7. The summed E-state index contributed by atoms with van der Waals surface area (Å²) in [6.07, 6.45) is 1.61. The van der Waals surface area contributed by atoms with Crippen LogP contribution in [-0.2, 0) is 21.2 Å². The van der Waals surface area contributed by atoms with Gasteiger partial charge in [-0.25, -0.2) is 8.42 Å². The number of carbonyl (C=O) groups excluding carboxylic acids is 1. The highest BCUT2D eigenvalue weighted by Gasteiger charge is 2.17. The maximum Gasteiger partial charge on any atom is 0.263 e. The summed E-state index contributed by atoms with van der Waals surface area (Å²) in [6, 6.07) is 7.12. The molecule has 11 heteroatoms. The lowest BCUT2D eigenvalue weighted by Gasteiger charge is -2.09. The summed E-state index contributed by atoms with van der Waals surface area (Å²) in [6.45, 7) is 5.60. The van der Waals surface area contributed by atoms with Crippen LogP contribution in [0.15, 0.2) is 46.9 Å². The van der Waals surface area contributed by atoms with Crippen molar-refractivity contribution in [3.63, 3.8) is 0 Å². The van der Waals surface area contributed by atoms with E-state index in [0.717, 1.165) is 11.8 Å². The lowest BCUT2D eigenvalue weighted by atomic mass is 10.2. The summed E-state index contributed by atoms with van der Waals surface area (Å²) in [4.78, 5) is 24.8. The van der Waals surface area contributed by atoms with Crippen molar-refractivity contribution in [1.82, 2.24) is 24.5 Å². The van der Waals surface area contributed by atoms with Crippen LogP contribution in [-0.4, -0.2) is 57.3 Å². The van der Waals surface area contributed by atoms with Gasteiger partial charge in [-0.15, -0.1) is 16.8 Å². The van der Waals surface area contributed by atoms with E-state index >= 15 is 0 Å². The van der Waals surface area contributed by atoms with E-state index in [9.17, 15) is 18.0 Å². The summed E-state index contributed by atoms with van der Waals surface area (Å²) in [5, 5.41) is 11.8.